The van der Waals surface area contributed by atoms with E-state index in [2.05, 4.69) is 5.32 Å². The summed E-state index contributed by atoms with van der Waals surface area (Å²) in [5.74, 6) is -1.30. The van der Waals surface area contributed by atoms with Crippen molar-refractivity contribution in [3.63, 3.8) is 0 Å². The van der Waals surface area contributed by atoms with Crippen LogP contribution in [0.15, 0.2) is 48.5 Å². The quantitative estimate of drug-likeness (QED) is 0.749. The van der Waals surface area contributed by atoms with E-state index in [1.807, 2.05) is 30.3 Å². The molecule has 4 nitrogen and oxygen atoms in total. The second-order valence-electron chi connectivity index (χ2n) is 5.01. The monoisotopic (exact) mass is 351 g/mol. The molecule has 0 aliphatic heterocycles. The summed E-state index contributed by atoms with van der Waals surface area (Å²) in [4.78, 5) is 23.5. The summed E-state index contributed by atoms with van der Waals surface area (Å²) in [5, 5.41) is 12.7. The summed E-state index contributed by atoms with van der Waals surface area (Å²) in [7, 11) is 0. The molecule has 2 N–H and O–H groups in total. The number of nitrogens with one attached hydrogen (secondary N) is 1. The number of aliphatic carboxylic acids is 1. The predicted molar refractivity (Wildman–Crippen MR) is 90.4 cm³/mol. The Morgan fingerprint density at radius 2 is 1.78 bits per heavy atom. The van der Waals surface area contributed by atoms with Gasteiger partial charge in [0.2, 0.25) is 0 Å². The molecular weight excluding hydrogens is 337 g/mol. The summed E-state index contributed by atoms with van der Waals surface area (Å²) in [6.45, 7) is -0.120. The molecule has 0 bridgehead atoms. The van der Waals surface area contributed by atoms with Gasteiger partial charge in [-0.3, -0.25) is 14.9 Å². The van der Waals surface area contributed by atoms with Gasteiger partial charge in [-0.05, 0) is 30.2 Å². The van der Waals surface area contributed by atoms with Crippen LogP contribution in [0.1, 0.15) is 15.9 Å². The number of Topliss-reactive ketones (excluding diaryl/α,β-unsaturated/α-hetero) is 1. The average Bonchev–Trinajstić information content (AvgIpc) is 2.51. The van der Waals surface area contributed by atoms with Gasteiger partial charge in [-0.25, -0.2) is 0 Å². The number of carboxylic acid groups (broad SMARTS) is 1. The number of carbonyl (C=O) groups is 2. The maximum absolute atomic E-state index is 12.2. The van der Waals surface area contributed by atoms with Crippen LogP contribution in [0, 0.1) is 0 Å². The van der Waals surface area contributed by atoms with Gasteiger partial charge in [0.25, 0.3) is 0 Å². The third kappa shape index (κ3) is 5.06. The first-order valence-corrected chi connectivity index (χ1v) is 7.71. The van der Waals surface area contributed by atoms with Gasteiger partial charge in [-0.1, -0.05) is 53.5 Å². The first-order chi connectivity index (χ1) is 11.0. The molecule has 23 heavy (non-hydrogen) atoms. The van der Waals surface area contributed by atoms with Gasteiger partial charge in [0.15, 0.2) is 5.78 Å². The zero-order chi connectivity index (χ0) is 16.8. The molecular formula is C17H15Cl2NO3. The zero-order valence-corrected chi connectivity index (χ0v) is 13.6. The Morgan fingerprint density at radius 1 is 1.09 bits per heavy atom. The lowest BCUT2D eigenvalue weighted by Crippen LogP contribution is -2.41. The van der Waals surface area contributed by atoms with Crippen LogP contribution in [0.2, 0.25) is 10.0 Å². The Balaban J connectivity index is 2.01. The Kier molecular flexibility index (Phi) is 6.16. The molecule has 1 atom stereocenters. The molecule has 0 aliphatic carbocycles. The number of hydrogen-bond acceptors (Lipinski definition) is 3. The van der Waals surface area contributed by atoms with E-state index in [0.29, 0.717) is 10.6 Å². The minimum absolute atomic E-state index is 0.120. The lowest BCUT2D eigenvalue weighted by Gasteiger charge is -2.14. The molecule has 0 spiro atoms. The highest BCUT2D eigenvalue weighted by atomic mass is 35.5. The van der Waals surface area contributed by atoms with Gasteiger partial charge in [0, 0.05) is 10.6 Å². The number of halogens is 2. The van der Waals surface area contributed by atoms with Crippen molar-refractivity contribution in [3.05, 3.63) is 69.7 Å². The highest BCUT2D eigenvalue weighted by molar-refractivity contribution is 6.36. The van der Waals surface area contributed by atoms with E-state index in [-0.39, 0.29) is 23.8 Å². The first kappa shape index (κ1) is 17.5. The topological polar surface area (TPSA) is 66.4 Å². The van der Waals surface area contributed by atoms with Crippen LogP contribution in [0.3, 0.4) is 0 Å². The van der Waals surface area contributed by atoms with Crippen LogP contribution in [0.5, 0.6) is 0 Å². The van der Waals surface area contributed by atoms with Crippen molar-refractivity contribution in [2.24, 2.45) is 0 Å². The third-order valence-corrected chi connectivity index (χ3v) is 3.87. The van der Waals surface area contributed by atoms with Crippen LogP contribution < -0.4 is 5.32 Å². The fraction of sp³-hybridized carbons (Fsp3) is 0.176. The molecule has 2 aromatic rings. The summed E-state index contributed by atoms with van der Waals surface area (Å²) in [5.41, 5.74) is 1.19. The van der Waals surface area contributed by atoms with Crippen LogP contribution in [-0.2, 0) is 11.2 Å². The van der Waals surface area contributed by atoms with Crippen LogP contribution in [-0.4, -0.2) is 29.4 Å². The second kappa shape index (κ2) is 8.11. The number of rotatable bonds is 7. The van der Waals surface area contributed by atoms with Gasteiger partial charge in [0.1, 0.15) is 6.04 Å². The van der Waals surface area contributed by atoms with Crippen molar-refractivity contribution in [1.29, 1.82) is 0 Å². The Hall–Kier alpha value is -1.88. The van der Waals surface area contributed by atoms with Gasteiger partial charge in [0.05, 0.1) is 11.6 Å². The van der Waals surface area contributed by atoms with Crippen molar-refractivity contribution in [3.8, 4) is 0 Å². The van der Waals surface area contributed by atoms with E-state index < -0.39 is 12.0 Å². The van der Waals surface area contributed by atoms with Crippen LogP contribution in [0.4, 0.5) is 0 Å². The van der Waals surface area contributed by atoms with Crippen LogP contribution in [0.25, 0.3) is 0 Å². The fourth-order valence-electron chi connectivity index (χ4n) is 2.12. The van der Waals surface area contributed by atoms with E-state index in [1.165, 1.54) is 12.1 Å². The van der Waals surface area contributed by atoms with Crippen LogP contribution >= 0.6 is 23.2 Å². The minimum atomic E-state index is -1.01. The van der Waals surface area contributed by atoms with Crippen molar-refractivity contribution in [2.75, 3.05) is 6.54 Å². The van der Waals surface area contributed by atoms with Crippen molar-refractivity contribution < 1.29 is 14.7 Å². The predicted octanol–water partition coefficient (Wildman–Crippen LogP) is 3.46. The molecule has 120 valence electrons. The molecule has 0 aromatic heterocycles. The standard InChI is InChI=1S/C17H15Cl2NO3/c18-12-6-7-13(14(19)9-12)16(21)10-20-15(17(22)23)8-11-4-2-1-3-5-11/h1-7,9,15,20H,8,10H2,(H,22,23)/t15-/m0/s1. The number of benzene rings is 2. The molecule has 0 heterocycles. The molecule has 0 saturated carbocycles. The molecule has 0 unspecified atom stereocenters. The van der Waals surface area contributed by atoms with Gasteiger partial charge in [-0.2, -0.15) is 0 Å². The van der Waals surface area contributed by atoms with Crippen molar-refractivity contribution in [2.45, 2.75) is 12.5 Å². The smallest absolute Gasteiger partial charge is 0.321 e. The summed E-state index contributed by atoms with van der Waals surface area (Å²) in [6.07, 6.45) is 0.289. The highest BCUT2D eigenvalue weighted by Gasteiger charge is 2.19. The Labute approximate surface area is 144 Å². The molecule has 2 rings (SSSR count). The first-order valence-electron chi connectivity index (χ1n) is 6.95. The highest BCUT2D eigenvalue weighted by Crippen LogP contribution is 2.21. The summed E-state index contributed by atoms with van der Waals surface area (Å²) < 4.78 is 0. The number of ketones is 1. The SMILES string of the molecule is O=C(CN[C@@H](Cc1ccccc1)C(=O)O)c1ccc(Cl)cc1Cl. The Bertz CT molecular complexity index is 704. The normalized spacial score (nSPS) is 11.9. The third-order valence-electron chi connectivity index (χ3n) is 3.32. The fourth-order valence-corrected chi connectivity index (χ4v) is 2.64. The molecule has 0 aliphatic rings. The maximum Gasteiger partial charge on any atom is 0.321 e. The van der Waals surface area contributed by atoms with E-state index in [1.54, 1.807) is 6.07 Å². The molecule has 0 fully saturated rings. The van der Waals surface area contributed by atoms with E-state index >= 15 is 0 Å². The molecule has 0 saturated heterocycles. The Morgan fingerprint density at radius 3 is 2.39 bits per heavy atom. The summed E-state index contributed by atoms with van der Waals surface area (Å²) >= 11 is 11.8. The molecule has 6 heteroatoms. The van der Waals surface area contributed by atoms with E-state index in [0.717, 1.165) is 5.56 Å². The summed E-state index contributed by atoms with van der Waals surface area (Å²) in [6, 6.07) is 13.0. The maximum atomic E-state index is 12.2. The largest absolute Gasteiger partial charge is 0.480 e. The number of carboxylic acids is 1. The van der Waals surface area contributed by atoms with E-state index in [9.17, 15) is 14.7 Å². The second-order valence-corrected chi connectivity index (χ2v) is 5.85. The van der Waals surface area contributed by atoms with Crippen molar-refractivity contribution >= 4 is 35.0 Å². The molecule has 2 aromatic carbocycles. The van der Waals surface area contributed by atoms with Crippen molar-refractivity contribution in [1.82, 2.24) is 5.32 Å². The van der Waals surface area contributed by atoms with E-state index in [4.69, 9.17) is 23.2 Å². The van der Waals surface area contributed by atoms with Gasteiger partial charge < -0.3 is 5.11 Å². The lowest BCUT2D eigenvalue weighted by atomic mass is 10.1. The molecule has 0 amide bonds. The van der Waals surface area contributed by atoms with Gasteiger partial charge in [-0.15, -0.1) is 0 Å². The minimum Gasteiger partial charge on any atom is -0.480 e. The zero-order valence-electron chi connectivity index (χ0n) is 12.1. The van der Waals surface area contributed by atoms with Gasteiger partial charge >= 0.3 is 5.97 Å². The number of carbonyl (C=O) groups excluding carboxylic acids is 1. The lowest BCUT2D eigenvalue weighted by molar-refractivity contribution is -0.139. The molecule has 0 radical (unpaired) electrons. The number of hydrogen-bond donors (Lipinski definition) is 2. The average molecular weight is 352 g/mol.